The fourth-order valence-electron chi connectivity index (χ4n) is 4.66. The minimum atomic E-state index is -0.0169. The van der Waals surface area contributed by atoms with E-state index in [4.69, 9.17) is 9.47 Å². The summed E-state index contributed by atoms with van der Waals surface area (Å²) < 4.78 is 12.7. The van der Waals surface area contributed by atoms with Gasteiger partial charge in [0.25, 0.3) is 5.95 Å². The molecule has 1 saturated heterocycles. The summed E-state index contributed by atoms with van der Waals surface area (Å²) in [6.45, 7) is 8.51. The summed E-state index contributed by atoms with van der Waals surface area (Å²) in [7, 11) is 3.28. The molecule has 0 saturated carbocycles. The Morgan fingerprint density at radius 1 is 1.06 bits per heavy atom. The first-order valence-electron chi connectivity index (χ1n) is 11.2. The van der Waals surface area contributed by atoms with Crippen molar-refractivity contribution in [2.45, 2.75) is 53.0 Å². The van der Waals surface area contributed by atoms with Crippen LogP contribution >= 0.6 is 0 Å². The number of methoxy groups -OCH3 is 2. The van der Waals surface area contributed by atoms with Crippen molar-refractivity contribution in [3.05, 3.63) is 58.2 Å². The Balaban J connectivity index is 1.60. The molecule has 3 heterocycles. The molecule has 8 nitrogen and oxygen atoms in total. The second-order valence-corrected chi connectivity index (χ2v) is 8.54. The van der Waals surface area contributed by atoms with Crippen LogP contribution in [0.4, 0.5) is 0 Å². The van der Waals surface area contributed by atoms with Crippen LogP contribution in [0.2, 0.25) is 0 Å². The molecule has 1 aromatic carbocycles. The van der Waals surface area contributed by atoms with Crippen LogP contribution in [-0.2, 0) is 11.2 Å². The summed E-state index contributed by atoms with van der Waals surface area (Å²) in [6.07, 6.45) is 2.15. The lowest BCUT2D eigenvalue weighted by atomic mass is 10.0. The molecule has 1 unspecified atom stereocenters. The van der Waals surface area contributed by atoms with Crippen molar-refractivity contribution in [1.29, 1.82) is 0 Å². The van der Waals surface area contributed by atoms with Gasteiger partial charge in [-0.2, -0.15) is 5.10 Å². The lowest BCUT2D eigenvalue weighted by Crippen LogP contribution is -2.32. The number of rotatable bonds is 6. The Morgan fingerprint density at radius 2 is 1.79 bits per heavy atom. The van der Waals surface area contributed by atoms with Crippen LogP contribution in [0.1, 0.15) is 52.8 Å². The Labute approximate surface area is 194 Å². The second kappa shape index (κ2) is 9.21. The monoisotopic (exact) mass is 449 g/mol. The van der Waals surface area contributed by atoms with Crippen LogP contribution in [0.3, 0.4) is 0 Å². The number of nitrogens with zero attached hydrogens (tertiary/aromatic N) is 5. The molecule has 0 bridgehead atoms. The SMILES string of the molecule is COc1ccc(C2CCCN2C(=O)Cc2c(C)nn(-c3nc(C)cc(C)n3)c2C)c(OC)c1. The quantitative estimate of drug-likeness (QED) is 0.569. The van der Waals surface area contributed by atoms with Gasteiger partial charge in [0.2, 0.25) is 5.91 Å². The van der Waals surface area contributed by atoms with Crippen LogP contribution in [-0.4, -0.2) is 51.3 Å². The summed E-state index contributed by atoms with van der Waals surface area (Å²) >= 11 is 0. The maximum Gasteiger partial charge on any atom is 0.251 e. The maximum absolute atomic E-state index is 13.5. The molecule has 1 fully saturated rings. The smallest absolute Gasteiger partial charge is 0.251 e. The first kappa shape index (κ1) is 22.8. The number of carbonyl (C=O) groups is 1. The number of hydrogen-bond acceptors (Lipinski definition) is 6. The lowest BCUT2D eigenvalue weighted by molar-refractivity contribution is -0.131. The van der Waals surface area contributed by atoms with Gasteiger partial charge in [0.15, 0.2) is 0 Å². The van der Waals surface area contributed by atoms with Crippen LogP contribution in [0, 0.1) is 27.7 Å². The number of carbonyl (C=O) groups excluding carboxylic acids is 1. The normalized spacial score (nSPS) is 15.7. The Bertz CT molecular complexity index is 1170. The molecule has 8 heteroatoms. The van der Waals surface area contributed by atoms with E-state index in [1.165, 1.54) is 0 Å². The van der Waals surface area contributed by atoms with E-state index in [1.807, 2.05) is 56.9 Å². The van der Waals surface area contributed by atoms with E-state index in [9.17, 15) is 4.79 Å². The van der Waals surface area contributed by atoms with Gasteiger partial charge in [-0.25, -0.2) is 14.6 Å². The standard InChI is InChI=1S/C25H31N5O3/c1-15-12-16(2)27-25(26-15)30-18(4)21(17(3)28-30)14-24(31)29-11-7-8-22(29)20-10-9-19(32-5)13-23(20)33-6/h9-10,12-13,22H,7-8,11,14H2,1-6H3. The fourth-order valence-corrected chi connectivity index (χ4v) is 4.66. The van der Waals surface area contributed by atoms with Gasteiger partial charge in [-0.3, -0.25) is 4.79 Å². The predicted octanol–water partition coefficient (Wildman–Crippen LogP) is 3.82. The molecule has 1 aliphatic rings. The number of ether oxygens (including phenoxy) is 2. The summed E-state index contributed by atoms with van der Waals surface area (Å²) in [5, 5.41) is 4.65. The Morgan fingerprint density at radius 3 is 2.45 bits per heavy atom. The summed E-state index contributed by atoms with van der Waals surface area (Å²) in [5.74, 6) is 2.10. The molecular formula is C25H31N5O3. The molecule has 0 spiro atoms. The molecular weight excluding hydrogens is 418 g/mol. The van der Waals surface area contributed by atoms with Crippen molar-refractivity contribution in [3.63, 3.8) is 0 Å². The van der Waals surface area contributed by atoms with Crippen molar-refractivity contribution >= 4 is 5.91 Å². The highest BCUT2D eigenvalue weighted by Crippen LogP contribution is 2.39. The van der Waals surface area contributed by atoms with Crippen molar-refractivity contribution in [3.8, 4) is 17.4 Å². The van der Waals surface area contributed by atoms with Crippen molar-refractivity contribution in [2.75, 3.05) is 20.8 Å². The summed E-state index contributed by atoms with van der Waals surface area (Å²) in [4.78, 5) is 24.5. The average molecular weight is 450 g/mol. The zero-order valence-corrected chi connectivity index (χ0v) is 20.2. The zero-order valence-electron chi connectivity index (χ0n) is 20.2. The zero-order chi connectivity index (χ0) is 23.7. The third kappa shape index (κ3) is 4.42. The largest absolute Gasteiger partial charge is 0.497 e. The minimum absolute atomic E-state index is 0.0169. The summed E-state index contributed by atoms with van der Waals surface area (Å²) in [5.41, 5.74) is 5.42. The van der Waals surface area contributed by atoms with Crippen molar-refractivity contribution in [1.82, 2.24) is 24.6 Å². The first-order chi connectivity index (χ1) is 15.8. The van der Waals surface area contributed by atoms with Gasteiger partial charge in [-0.1, -0.05) is 0 Å². The lowest BCUT2D eigenvalue weighted by Gasteiger charge is -2.26. The number of likely N-dealkylation sites (tertiary alicyclic amines) is 1. The predicted molar refractivity (Wildman–Crippen MR) is 125 cm³/mol. The van der Waals surface area contributed by atoms with Crippen molar-refractivity contribution < 1.29 is 14.3 Å². The third-order valence-corrected chi connectivity index (χ3v) is 6.30. The number of amides is 1. The van der Waals surface area contributed by atoms with E-state index in [-0.39, 0.29) is 18.4 Å². The molecule has 0 N–H and O–H groups in total. The molecule has 0 aliphatic carbocycles. The number of aryl methyl sites for hydroxylation is 3. The highest BCUT2D eigenvalue weighted by molar-refractivity contribution is 5.80. The number of hydrogen-bond donors (Lipinski definition) is 0. The Kier molecular flexibility index (Phi) is 6.35. The van der Waals surface area contributed by atoms with Crippen LogP contribution in [0.5, 0.6) is 11.5 Å². The summed E-state index contributed by atoms with van der Waals surface area (Å²) in [6, 6.07) is 7.71. The Hall–Kier alpha value is -3.42. The van der Waals surface area contributed by atoms with E-state index in [1.54, 1.807) is 18.9 Å². The molecule has 4 rings (SSSR count). The molecule has 33 heavy (non-hydrogen) atoms. The second-order valence-electron chi connectivity index (χ2n) is 8.54. The van der Waals surface area contributed by atoms with Crippen molar-refractivity contribution in [2.24, 2.45) is 0 Å². The van der Waals surface area contributed by atoms with Gasteiger partial charge in [-0.15, -0.1) is 0 Å². The van der Waals surface area contributed by atoms with Gasteiger partial charge in [0, 0.05) is 40.8 Å². The van der Waals surface area contributed by atoms with Gasteiger partial charge in [-0.05, 0) is 58.7 Å². The number of aromatic nitrogens is 4. The van der Waals surface area contributed by atoms with Gasteiger partial charge < -0.3 is 14.4 Å². The molecule has 174 valence electrons. The number of benzene rings is 1. The molecule has 1 atom stereocenters. The van der Waals surface area contributed by atoms with E-state index >= 15 is 0 Å². The molecule has 0 radical (unpaired) electrons. The van der Waals surface area contributed by atoms with Crippen LogP contribution in [0.25, 0.3) is 5.95 Å². The first-order valence-corrected chi connectivity index (χ1v) is 11.2. The maximum atomic E-state index is 13.5. The van der Waals surface area contributed by atoms with E-state index < -0.39 is 0 Å². The average Bonchev–Trinajstić information content (AvgIpc) is 3.38. The van der Waals surface area contributed by atoms with Crippen LogP contribution < -0.4 is 9.47 Å². The van der Waals surface area contributed by atoms with Gasteiger partial charge >= 0.3 is 0 Å². The third-order valence-electron chi connectivity index (χ3n) is 6.30. The minimum Gasteiger partial charge on any atom is -0.497 e. The molecule has 1 amide bonds. The highest BCUT2D eigenvalue weighted by atomic mass is 16.5. The van der Waals surface area contributed by atoms with Gasteiger partial charge in [0.1, 0.15) is 11.5 Å². The molecule has 3 aromatic rings. The molecule has 2 aromatic heterocycles. The van der Waals surface area contributed by atoms with E-state index in [2.05, 4.69) is 15.1 Å². The molecule has 1 aliphatic heterocycles. The van der Waals surface area contributed by atoms with Gasteiger partial charge in [0.05, 0.1) is 32.4 Å². The van der Waals surface area contributed by atoms with Crippen LogP contribution in [0.15, 0.2) is 24.3 Å². The highest BCUT2D eigenvalue weighted by Gasteiger charge is 2.33. The fraction of sp³-hybridized carbons (Fsp3) is 0.440. The van der Waals surface area contributed by atoms with E-state index in [0.717, 1.165) is 64.8 Å². The van der Waals surface area contributed by atoms with E-state index in [0.29, 0.717) is 5.95 Å². The topological polar surface area (TPSA) is 82.4 Å².